The van der Waals surface area contributed by atoms with Gasteiger partial charge in [-0.1, -0.05) is 37.3 Å². The first kappa shape index (κ1) is 15.5. The SMILES string of the molecule is CCCNC(c1ccccc1)C(C)OCC1CCOC1. The van der Waals surface area contributed by atoms with Crippen LogP contribution in [0.5, 0.6) is 0 Å². The number of rotatable bonds is 8. The largest absolute Gasteiger partial charge is 0.381 e. The van der Waals surface area contributed by atoms with Gasteiger partial charge in [-0.25, -0.2) is 0 Å². The Morgan fingerprint density at radius 2 is 2.15 bits per heavy atom. The van der Waals surface area contributed by atoms with Crippen molar-refractivity contribution in [2.75, 3.05) is 26.4 Å². The van der Waals surface area contributed by atoms with E-state index in [4.69, 9.17) is 9.47 Å². The molecule has 0 radical (unpaired) electrons. The van der Waals surface area contributed by atoms with Gasteiger partial charge in [-0.15, -0.1) is 0 Å². The highest BCUT2D eigenvalue weighted by Gasteiger charge is 2.22. The molecule has 3 heteroatoms. The summed E-state index contributed by atoms with van der Waals surface area (Å²) in [6, 6.07) is 10.8. The van der Waals surface area contributed by atoms with E-state index in [-0.39, 0.29) is 12.1 Å². The number of ether oxygens (including phenoxy) is 2. The van der Waals surface area contributed by atoms with Crippen LogP contribution >= 0.6 is 0 Å². The Morgan fingerprint density at radius 1 is 1.35 bits per heavy atom. The molecule has 1 heterocycles. The number of benzene rings is 1. The molecule has 0 aromatic heterocycles. The molecule has 1 aromatic rings. The van der Waals surface area contributed by atoms with Crippen LogP contribution in [0, 0.1) is 5.92 Å². The van der Waals surface area contributed by atoms with Crippen molar-refractivity contribution in [3.63, 3.8) is 0 Å². The maximum atomic E-state index is 6.10. The molecule has 0 amide bonds. The Bertz CT molecular complexity index is 363. The molecule has 20 heavy (non-hydrogen) atoms. The van der Waals surface area contributed by atoms with Crippen LogP contribution in [0.1, 0.15) is 38.3 Å². The summed E-state index contributed by atoms with van der Waals surface area (Å²) in [6.45, 7) is 7.91. The first-order valence-corrected chi connectivity index (χ1v) is 7.79. The molecule has 0 saturated carbocycles. The average Bonchev–Trinajstić information content (AvgIpc) is 3.00. The Kier molecular flexibility index (Phi) is 6.51. The summed E-state index contributed by atoms with van der Waals surface area (Å²) >= 11 is 0. The van der Waals surface area contributed by atoms with Crippen LogP contribution in [0.15, 0.2) is 30.3 Å². The quantitative estimate of drug-likeness (QED) is 0.791. The molecule has 112 valence electrons. The van der Waals surface area contributed by atoms with Crippen LogP contribution < -0.4 is 5.32 Å². The van der Waals surface area contributed by atoms with Crippen molar-refractivity contribution < 1.29 is 9.47 Å². The van der Waals surface area contributed by atoms with E-state index in [9.17, 15) is 0 Å². The van der Waals surface area contributed by atoms with Gasteiger partial charge in [0.25, 0.3) is 0 Å². The van der Waals surface area contributed by atoms with Gasteiger partial charge in [0.15, 0.2) is 0 Å². The summed E-state index contributed by atoms with van der Waals surface area (Å²) in [5.74, 6) is 0.569. The van der Waals surface area contributed by atoms with Gasteiger partial charge < -0.3 is 14.8 Å². The van der Waals surface area contributed by atoms with E-state index in [2.05, 4.69) is 49.5 Å². The predicted molar refractivity (Wildman–Crippen MR) is 81.8 cm³/mol. The summed E-state index contributed by atoms with van der Waals surface area (Å²) in [5.41, 5.74) is 1.30. The lowest BCUT2D eigenvalue weighted by Crippen LogP contribution is -2.33. The molecular formula is C17H27NO2. The summed E-state index contributed by atoms with van der Waals surface area (Å²) in [7, 11) is 0. The van der Waals surface area contributed by atoms with Gasteiger partial charge in [-0.2, -0.15) is 0 Å². The van der Waals surface area contributed by atoms with Crippen molar-refractivity contribution in [1.29, 1.82) is 0 Å². The lowest BCUT2D eigenvalue weighted by atomic mass is 10.0. The second-order valence-corrected chi connectivity index (χ2v) is 5.61. The molecule has 0 bridgehead atoms. The molecule has 3 nitrogen and oxygen atoms in total. The molecule has 0 spiro atoms. The highest BCUT2D eigenvalue weighted by atomic mass is 16.5. The first-order valence-electron chi connectivity index (χ1n) is 7.79. The van der Waals surface area contributed by atoms with Gasteiger partial charge in [-0.3, -0.25) is 0 Å². The zero-order valence-corrected chi connectivity index (χ0v) is 12.7. The van der Waals surface area contributed by atoms with Crippen LogP contribution in [0.25, 0.3) is 0 Å². The van der Waals surface area contributed by atoms with Crippen LogP contribution in [0.2, 0.25) is 0 Å². The molecule has 1 aliphatic heterocycles. The Hall–Kier alpha value is -0.900. The van der Waals surface area contributed by atoms with Gasteiger partial charge in [-0.05, 0) is 31.9 Å². The van der Waals surface area contributed by atoms with Gasteiger partial charge in [0.2, 0.25) is 0 Å². The fraction of sp³-hybridized carbons (Fsp3) is 0.647. The second kappa shape index (κ2) is 8.40. The lowest BCUT2D eigenvalue weighted by Gasteiger charge is -2.27. The highest BCUT2D eigenvalue weighted by Crippen LogP contribution is 2.21. The first-order chi connectivity index (χ1) is 9.81. The topological polar surface area (TPSA) is 30.5 Å². The van der Waals surface area contributed by atoms with E-state index in [0.717, 1.165) is 39.2 Å². The molecule has 1 aliphatic rings. The van der Waals surface area contributed by atoms with E-state index in [1.807, 2.05) is 0 Å². The van der Waals surface area contributed by atoms with Crippen molar-refractivity contribution >= 4 is 0 Å². The van der Waals surface area contributed by atoms with Crippen LogP contribution in [0.3, 0.4) is 0 Å². The third kappa shape index (κ3) is 4.58. The van der Waals surface area contributed by atoms with Gasteiger partial charge in [0.05, 0.1) is 25.4 Å². The summed E-state index contributed by atoms with van der Waals surface area (Å²) < 4.78 is 11.5. The minimum absolute atomic E-state index is 0.171. The molecule has 1 aromatic carbocycles. The second-order valence-electron chi connectivity index (χ2n) is 5.61. The smallest absolute Gasteiger partial charge is 0.0741 e. The molecule has 3 unspecified atom stereocenters. The van der Waals surface area contributed by atoms with E-state index < -0.39 is 0 Å². The molecule has 1 saturated heterocycles. The van der Waals surface area contributed by atoms with Crippen LogP contribution in [0.4, 0.5) is 0 Å². The number of hydrogen-bond acceptors (Lipinski definition) is 3. The fourth-order valence-corrected chi connectivity index (χ4v) is 2.61. The number of hydrogen-bond donors (Lipinski definition) is 1. The van der Waals surface area contributed by atoms with E-state index in [1.165, 1.54) is 5.56 Å². The maximum Gasteiger partial charge on any atom is 0.0741 e. The maximum absolute atomic E-state index is 6.10. The Labute approximate surface area is 122 Å². The zero-order valence-electron chi connectivity index (χ0n) is 12.7. The summed E-state index contributed by atoms with van der Waals surface area (Å²) in [5, 5.41) is 3.60. The van der Waals surface area contributed by atoms with Crippen molar-refractivity contribution in [2.24, 2.45) is 5.92 Å². The fourth-order valence-electron chi connectivity index (χ4n) is 2.61. The van der Waals surface area contributed by atoms with Crippen molar-refractivity contribution in [3.05, 3.63) is 35.9 Å². The molecular weight excluding hydrogens is 250 g/mol. The predicted octanol–water partition coefficient (Wildman–Crippen LogP) is 3.17. The minimum atomic E-state index is 0.171. The minimum Gasteiger partial charge on any atom is -0.381 e. The molecule has 0 aliphatic carbocycles. The van der Waals surface area contributed by atoms with Gasteiger partial charge in [0, 0.05) is 12.5 Å². The Morgan fingerprint density at radius 3 is 2.80 bits per heavy atom. The third-order valence-electron chi connectivity index (χ3n) is 3.86. The standard InChI is InChI=1S/C17H27NO2/c1-3-10-18-17(16-7-5-4-6-8-16)14(2)20-13-15-9-11-19-12-15/h4-8,14-15,17-18H,3,9-13H2,1-2H3. The van der Waals surface area contributed by atoms with Crippen molar-refractivity contribution in [3.8, 4) is 0 Å². The van der Waals surface area contributed by atoms with Gasteiger partial charge >= 0.3 is 0 Å². The summed E-state index contributed by atoms with van der Waals surface area (Å²) in [4.78, 5) is 0. The molecule has 3 atom stereocenters. The number of nitrogens with one attached hydrogen (secondary N) is 1. The molecule has 1 N–H and O–H groups in total. The highest BCUT2D eigenvalue weighted by molar-refractivity contribution is 5.19. The zero-order chi connectivity index (χ0) is 14.2. The van der Waals surface area contributed by atoms with Gasteiger partial charge in [0.1, 0.15) is 0 Å². The van der Waals surface area contributed by atoms with Crippen LogP contribution in [-0.4, -0.2) is 32.5 Å². The molecule has 1 fully saturated rings. The lowest BCUT2D eigenvalue weighted by molar-refractivity contribution is 0.0145. The third-order valence-corrected chi connectivity index (χ3v) is 3.86. The molecule has 2 rings (SSSR count). The van der Waals surface area contributed by atoms with Crippen molar-refractivity contribution in [1.82, 2.24) is 5.32 Å². The Balaban J connectivity index is 1.90. The monoisotopic (exact) mass is 277 g/mol. The van der Waals surface area contributed by atoms with E-state index in [0.29, 0.717) is 5.92 Å². The van der Waals surface area contributed by atoms with E-state index >= 15 is 0 Å². The normalized spacial score (nSPS) is 21.8. The summed E-state index contributed by atoms with van der Waals surface area (Å²) in [6.07, 6.45) is 2.43. The van der Waals surface area contributed by atoms with Crippen molar-refractivity contribution in [2.45, 2.75) is 38.8 Å². The van der Waals surface area contributed by atoms with Crippen LogP contribution in [-0.2, 0) is 9.47 Å². The van der Waals surface area contributed by atoms with E-state index in [1.54, 1.807) is 0 Å². The average molecular weight is 277 g/mol.